The number of carbonyl (C=O) groups excluding carboxylic acids is 1. The molecule has 0 fully saturated rings. The summed E-state index contributed by atoms with van der Waals surface area (Å²) in [5, 5.41) is 4.26. The van der Waals surface area contributed by atoms with Gasteiger partial charge in [-0.15, -0.1) is 11.3 Å². The lowest BCUT2D eigenvalue weighted by molar-refractivity contribution is -0.140. The van der Waals surface area contributed by atoms with E-state index < -0.39 is 18.8 Å². The summed E-state index contributed by atoms with van der Waals surface area (Å²) in [6.07, 6.45) is -2.94. The van der Waals surface area contributed by atoms with Crippen LogP contribution in [0, 0.1) is 5.92 Å². The molecule has 0 radical (unpaired) electrons. The molecule has 0 aliphatic carbocycles. The van der Waals surface area contributed by atoms with Crippen molar-refractivity contribution in [2.45, 2.75) is 20.0 Å². The van der Waals surface area contributed by atoms with Crippen molar-refractivity contribution in [2.24, 2.45) is 5.92 Å². The molecule has 2 amide bonds. The molecule has 0 saturated carbocycles. The van der Waals surface area contributed by atoms with E-state index in [1.165, 1.54) is 6.20 Å². The number of carbonyl (C=O) groups is 1. The number of rotatable bonds is 4. The largest absolute Gasteiger partial charge is 0.406 e. The zero-order valence-corrected chi connectivity index (χ0v) is 10.8. The van der Waals surface area contributed by atoms with Crippen molar-refractivity contribution in [3.8, 4) is 0 Å². The maximum atomic E-state index is 12.4. The molecule has 0 saturated heterocycles. The highest BCUT2D eigenvalue weighted by Crippen LogP contribution is 2.19. The SMILES string of the molecule is CC(C)CN(CC(F)(F)F)C(=O)Nc1nccs1. The van der Waals surface area contributed by atoms with Crippen LogP contribution in [0.5, 0.6) is 0 Å². The second-order valence-corrected chi connectivity index (χ2v) is 5.05. The Kier molecular flexibility index (Phi) is 4.94. The van der Waals surface area contributed by atoms with Crippen molar-refractivity contribution in [2.75, 3.05) is 18.4 Å². The lowest BCUT2D eigenvalue weighted by Gasteiger charge is -2.25. The van der Waals surface area contributed by atoms with Gasteiger partial charge in [0, 0.05) is 18.1 Å². The molecule has 0 aliphatic heterocycles. The second kappa shape index (κ2) is 6.03. The zero-order chi connectivity index (χ0) is 13.8. The Morgan fingerprint density at radius 1 is 1.56 bits per heavy atom. The molecule has 0 atom stereocenters. The average molecular weight is 281 g/mol. The quantitative estimate of drug-likeness (QED) is 0.921. The van der Waals surface area contributed by atoms with Gasteiger partial charge >= 0.3 is 12.2 Å². The van der Waals surface area contributed by atoms with Gasteiger partial charge in [-0.3, -0.25) is 5.32 Å². The van der Waals surface area contributed by atoms with Crippen LogP contribution in [0.4, 0.5) is 23.1 Å². The maximum absolute atomic E-state index is 12.4. The smallest absolute Gasteiger partial charge is 0.315 e. The number of alkyl halides is 3. The Labute approximate surface area is 107 Å². The predicted octanol–water partition coefficient (Wildman–Crippen LogP) is 3.20. The summed E-state index contributed by atoms with van der Waals surface area (Å²) in [5.41, 5.74) is 0. The van der Waals surface area contributed by atoms with Gasteiger partial charge < -0.3 is 4.90 Å². The number of hydrogen-bond acceptors (Lipinski definition) is 3. The fraction of sp³-hybridized carbons (Fsp3) is 0.600. The zero-order valence-electron chi connectivity index (χ0n) is 9.99. The third-order valence-corrected chi connectivity index (χ3v) is 2.58. The summed E-state index contributed by atoms with van der Waals surface area (Å²) in [6, 6.07) is -0.782. The molecule has 1 aromatic rings. The Balaban J connectivity index is 2.66. The van der Waals surface area contributed by atoms with Gasteiger partial charge in [-0.25, -0.2) is 9.78 Å². The third-order valence-electron chi connectivity index (χ3n) is 1.89. The van der Waals surface area contributed by atoms with Crippen molar-refractivity contribution in [3.05, 3.63) is 11.6 Å². The van der Waals surface area contributed by atoms with E-state index in [2.05, 4.69) is 10.3 Å². The lowest BCUT2D eigenvalue weighted by Crippen LogP contribution is -2.43. The minimum atomic E-state index is -4.41. The number of thiazole rings is 1. The molecule has 0 unspecified atom stereocenters. The molecular weight excluding hydrogens is 267 g/mol. The van der Waals surface area contributed by atoms with Gasteiger partial charge in [-0.1, -0.05) is 13.8 Å². The van der Waals surface area contributed by atoms with Gasteiger partial charge in [0.1, 0.15) is 6.54 Å². The fourth-order valence-corrected chi connectivity index (χ4v) is 1.85. The summed E-state index contributed by atoms with van der Waals surface area (Å²) in [7, 11) is 0. The predicted molar refractivity (Wildman–Crippen MR) is 63.6 cm³/mol. The third kappa shape index (κ3) is 5.35. The van der Waals surface area contributed by atoms with Gasteiger partial charge in [-0.2, -0.15) is 13.2 Å². The standard InChI is InChI=1S/C10H14F3N3OS/c1-7(2)5-16(6-10(11,12)13)9(17)15-8-14-3-4-18-8/h3-4,7H,5-6H2,1-2H3,(H,14,15,17). The van der Waals surface area contributed by atoms with E-state index in [4.69, 9.17) is 0 Å². The van der Waals surface area contributed by atoms with Crippen molar-refractivity contribution in [1.29, 1.82) is 0 Å². The number of aromatic nitrogens is 1. The van der Waals surface area contributed by atoms with Gasteiger partial charge in [0.15, 0.2) is 5.13 Å². The Morgan fingerprint density at radius 2 is 2.22 bits per heavy atom. The van der Waals surface area contributed by atoms with Crippen molar-refractivity contribution >= 4 is 22.5 Å². The highest BCUT2D eigenvalue weighted by Gasteiger charge is 2.33. The van der Waals surface area contributed by atoms with E-state index in [1.807, 2.05) is 0 Å². The van der Waals surface area contributed by atoms with E-state index in [0.717, 1.165) is 16.2 Å². The van der Waals surface area contributed by atoms with Gasteiger partial charge in [0.05, 0.1) is 0 Å². The van der Waals surface area contributed by atoms with E-state index in [9.17, 15) is 18.0 Å². The number of hydrogen-bond donors (Lipinski definition) is 1. The summed E-state index contributed by atoms with van der Waals surface area (Å²) >= 11 is 1.15. The monoisotopic (exact) mass is 281 g/mol. The number of urea groups is 1. The van der Waals surface area contributed by atoms with Crippen LogP contribution in [-0.2, 0) is 0 Å². The molecular formula is C10H14F3N3OS. The van der Waals surface area contributed by atoms with Crippen molar-refractivity contribution in [1.82, 2.24) is 9.88 Å². The summed E-state index contributed by atoms with van der Waals surface area (Å²) in [4.78, 5) is 16.2. The molecule has 1 N–H and O–H groups in total. The number of nitrogens with zero attached hydrogens (tertiary/aromatic N) is 2. The Morgan fingerprint density at radius 3 is 2.67 bits per heavy atom. The van der Waals surface area contributed by atoms with Crippen molar-refractivity contribution in [3.63, 3.8) is 0 Å². The minimum absolute atomic E-state index is 0.0384. The van der Waals surface area contributed by atoms with E-state index >= 15 is 0 Å². The first-order valence-electron chi connectivity index (χ1n) is 5.30. The number of anilines is 1. The van der Waals surface area contributed by atoms with Crippen LogP contribution < -0.4 is 5.32 Å². The van der Waals surface area contributed by atoms with Crippen LogP contribution in [0.25, 0.3) is 0 Å². The molecule has 0 aliphatic rings. The Hall–Kier alpha value is -1.31. The van der Waals surface area contributed by atoms with Crippen LogP contribution in [0.2, 0.25) is 0 Å². The molecule has 102 valence electrons. The fourth-order valence-electron chi connectivity index (χ4n) is 1.33. The Bertz CT molecular complexity index is 378. The highest BCUT2D eigenvalue weighted by atomic mass is 32.1. The average Bonchev–Trinajstić information content (AvgIpc) is 2.66. The topological polar surface area (TPSA) is 45.2 Å². The van der Waals surface area contributed by atoms with E-state index in [-0.39, 0.29) is 17.6 Å². The molecule has 0 aromatic carbocycles. The second-order valence-electron chi connectivity index (χ2n) is 4.16. The highest BCUT2D eigenvalue weighted by molar-refractivity contribution is 7.13. The van der Waals surface area contributed by atoms with E-state index in [0.29, 0.717) is 0 Å². The number of amides is 2. The molecule has 1 rings (SSSR count). The van der Waals surface area contributed by atoms with Gasteiger partial charge in [0.25, 0.3) is 0 Å². The molecule has 18 heavy (non-hydrogen) atoms. The normalized spacial score (nSPS) is 11.7. The first-order chi connectivity index (χ1) is 8.28. The summed E-state index contributed by atoms with van der Waals surface area (Å²) < 4.78 is 37.1. The molecule has 1 aromatic heterocycles. The number of halogens is 3. The first-order valence-corrected chi connectivity index (χ1v) is 6.18. The molecule has 0 spiro atoms. The lowest BCUT2D eigenvalue weighted by atomic mass is 10.2. The van der Waals surface area contributed by atoms with Crippen LogP contribution >= 0.6 is 11.3 Å². The maximum Gasteiger partial charge on any atom is 0.406 e. The summed E-state index contributed by atoms with van der Waals surface area (Å²) in [5.74, 6) is -0.0469. The summed E-state index contributed by atoms with van der Waals surface area (Å²) in [6.45, 7) is 2.28. The first kappa shape index (κ1) is 14.7. The van der Waals surface area contributed by atoms with E-state index in [1.54, 1.807) is 19.2 Å². The van der Waals surface area contributed by atoms with Crippen LogP contribution in [-0.4, -0.2) is 35.2 Å². The van der Waals surface area contributed by atoms with Crippen molar-refractivity contribution < 1.29 is 18.0 Å². The molecule has 8 heteroatoms. The number of nitrogens with one attached hydrogen (secondary N) is 1. The molecule has 4 nitrogen and oxygen atoms in total. The van der Waals surface area contributed by atoms with Gasteiger partial charge in [-0.05, 0) is 5.92 Å². The van der Waals surface area contributed by atoms with Gasteiger partial charge in [0.2, 0.25) is 0 Å². The van der Waals surface area contributed by atoms with Crippen LogP contribution in [0.3, 0.4) is 0 Å². The van der Waals surface area contributed by atoms with Crippen LogP contribution in [0.1, 0.15) is 13.8 Å². The van der Waals surface area contributed by atoms with Crippen LogP contribution in [0.15, 0.2) is 11.6 Å². The minimum Gasteiger partial charge on any atom is -0.315 e. The molecule has 1 heterocycles. The molecule has 0 bridgehead atoms.